The van der Waals surface area contributed by atoms with Crippen LogP contribution in [0.4, 0.5) is 5.13 Å². The number of aromatic nitrogens is 1. The van der Waals surface area contributed by atoms with Crippen LogP contribution >= 0.6 is 11.3 Å². The van der Waals surface area contributed by atoms with Crippen molar-refractivity contribution in [2.24, 2.45) is 5.41 Å². The van der Waals surface area contributed by atoms with Crippen LogP contribution < -0.4 is 4.90 Å². The maximum absolute atomic E-state index is 10.8. The van der Waals surface area contributed by atoms with Gasteiger partial charge in [-0.1, -0.05) is 32.1 Å². The van der Waals surface area contributed by atoms with Gasteiger partial charge in [-0.25, -0.2) is 9.78 Å². The van der Waals surface area contributed by atoms with E-state index in [0.717, 1.165) is 5.13 Å². The van der Waals surface area contributed by atoms with Gasteiger partial charge in [-0.2, -0.15) is 0 Å². The number of carboxylic acids is 1. The van der Waals surface area contributed by atoms with Crippen LogP contribution in [0.15, 0.2) is 6.20 Å². The first kappa shape index (κ1) is 13.0. The molecule has 1 N–H and O–H groups in total. The Morgan fingerprint density at radius 1 is 1.56 bits per heavy atom. The van der Waals surface area contributed by atoms with E-state index in [0.29, 0.717) is 6.04 Å². The summed E-state index contributed by atoms with van der Waals surface area (Å²) in [5.74, 6) is -0.916. The molecule has 1 atom stereocenters. The van der Waals surface area contributed by atoms with Crippen molar-refractivity contribution in [3.8, 4) is 0 Å². The average Bonchev–Trinajstić information content (AvgIpc) is 2.62. The lowest BCUT2D eigenvalue weighted by Crippen LogP contribution is -2.39. The number of aromatic carboxylic acids is 1. The highest BCUT2D eigenvalue weighted by molar-refractivity contribution is 7.17. The summed E-state index contributed by atoms with van der Waals surface area (Å²) in [5, 5.41) is 9.58. The highest BCUT2D eigenvalue weighted by Crippen LogP contribution is 2.29. The summed E-state index contributed by atoms with van der Waals surface area (Å²) in [6, 6.07) is 0.292. The van der Waals surface area contributed by atoms with Crippen LogP contribution in [0.5, 0.6) is 0 Å². The van der Waals surface area contributed by atoms with Gasteiger partial charge in [0.2, 0.25) is 0 Å². The molecule has 90 valence electrons. The number of hydrogen-bond acceptors (Lipinski definition) is 4. The van der Waals surface area contributed by atoms with Gasteiger partial charge in [0.1, 0.15) is 4.88 Å². The molecule has 0 aromatic carbocycles. The second kappa shape index (κ2) is 4.41. The van der Waals surface area contributed by atoms with Crippen molar-refractivity contribution in [1.82, 2.24) is 4.98 Å². The van der Waals surface area contributed by atoms with E-state index >= 15 is 0 Å². The normalized spacial score (nSPS) is 13.6. The van der Waals surface area contributed by atoms with Crippen LogP contribution in [-0.4, -0.2) is 29.1 Å². The van der Waals surface area contributed by atoms with Gasteiger partial charge in [0.25, 0.3) is 0 Å². The number of nitrogens with zero attached hydrogens (tertiary/aromatic N) is 2. The van der Waals surface area contributed by atoms with Gasteiger partial charge in [0, 0.05) is 13.1 Å². The minimum Gasteiger partial charge on any atom is -0.477 e. The molecule has 0 saturated carbocycles. The molecule has 0 radical (unpaired) electrons. The summed E-state index contributed by atoms with van der Waals surface area (Å²) in [6.07, 6.45) is 1.41. The fourth-order valence-corrected chi connectivity index (χ4v) is 2.07. The predicted molar refractivity (Wildman–Crippen MR) is 66.4 cm³/mol. The zero-order chi connectivity index (χ0) is 12.5. The Morgan fingerprint density at radius 2 is 2.12 bits per heavy atom. The zero-order valence-corrected chi connectivity index (χ0v) is 11.1. The lowest BCUT2D eigenvalue weighted by atomic mass is 9.87. The molecule has 0 aliphatic heterocycles. The van der Waals surface area contributed by atoms with E-state index in [1.807, 2.05) is 11.9 Å². The SMILES string of the molecule is CC(N(C)c1ncc(C(=O)O)s1)C(C)(C)C. The minimum absolute atomic E-state index is 0.129. The Kier molecular flexibility index (Phi) is 3.57. The topological polar surface area (TPSA) is 53.4 Å². The van der Waals surface area contributed by atoms with Gasteiger partial charge < -0.3 is 10.0 Å². The summed E-state index contributed by atoms with van der Waals surface area (Å²) >= 11 is 1.21. The maximum atomic E-state index is 10.8. The van der Waals surface area contributed by atoms with Crippen molar-refractivity contribution < 1.29 is 9.90 Å². The summed E-state index contributed by atoms with van der Waals surface area (Å²) in [5.41, 5.74) is 0.129. The van der Waals surface area contributed by atoms with Crippen molar-refractivity contribution in [1.29, 1.82) is 0 Å². The first-order valence-electron chi connectivity index (χ1n) is 5.15. The molecule has 1 heterocycles. The molecule has 1 unspecified atom stereocenters. The number of rotatable bonds is 3. The fourth-order valence-electron chi connectivity index (χ4n) is 1.27. The average molecular weight is 242 g/mol. The number of carbonyl (C=O) groups is 1. The van der Waals surface area contributed by atoms with Crippen LogP contribution in [0.3, 0.4) is 0 Å². The van der Waals surface area contributed by atoms with Crippen LogP contribution in [0.2, 0.25) is 0 Å². The number of thiazole rings is 1. The van der Waals surface area contributed by atoms with Gasteiger partial charge in [-0.3, -0.25) is 0 Å². The Labute approximate surface area is 99.9 Å². The molecule has 0 amide bonds. The smallest absolute Gasteiger partial charge is 0.347 e. The zero-order valence-electron chi connectivity index (χ0n) is 10.3. The summed E-state index contributed by atoms with van der Waals surface area (Å²) in [6.45, 7) is 8.57. The van der Waals surface area contributed by atoms with Gasteiger partial charge in [0.05, 0.1) is 6.20 Å². The molecule has 1 rings (SSSR count). The van der Waals surface area contributed by atoms with Gasteiger partial charge in [-0.15, -0.1) is 0 Å². The van der Waals surface area contributed by atoms with Crippen LogP contribution in [0, 0.1) is 5.41 Å². The maximum Gasteiger partial charge on any atom is 0.347 e. The fraction of sp³-hybridized carbons (Fsp3) is 0.636. The van der Waals surface area contributed by atoms with Crippen molar-refractivity contribution in [2.45, 2.75) is 33.7 Å². The van der Waals surface area contributed by atoms with Gasteiger partial charge in [0.15, 0.2) is 5.13 Å². The Morgan fingerprint density at radius 3 is 2.50 bits per heavy atom. The highest BCUT2D eigenvalue weighted by Gasteiger charge is 2.26. The van der Waals surface area contributed by atoms with Crippen molar-refractivity contribution in [2.75, 3.05) is 11.9 Å². The van der Waals surface area contributed by atoms with E-state index in [2.05, 4.69) is 32.7 Å². The van der Waals surface area contributed by atoms with Crippen molar-refractivity contribution >= 4 is 22.4 Å². The third-order valence-corrected chi connectivity index (χ3v) is 3.92. The molecule has 1 aromatic heterocycles. The molecule has 0 saturated heterocycles. The first-order chi connectivity index (χ1) is 7.23. The second-order valence-corrected chi connectivity index (χ2v) is 5.97. The Hall–Kier alpha value is -1.10. The van der Waals surface area contributed by atoms with E-state index in [1.54, 1.807) is 0 Å². The van der Waals surface area contributed by atoms with E-state index < -0.39 is 5.97 Å². The largest absolute Gasteiger partial charge is 0.477 e. The highest BCUT2D eigenvalue weighted by atomic mass is 32.1. The molecule has 0 spiro atoms. The molecule has 0 aliphatic carbocycles. The Balaban J connectivity index is 2.88. The molecular formula is C11H18N2O2S. The monoisotopic (exact) mass is 242 g/mol. The standard InChI is InChI=1S/C11H18N2O2S/c1-7(11(2,3)4)13(5)10-12-6-8(16-10)9(14)15/h6-7H,1-5H3,(H,14,15). The second-order valence-electron chi connectivity index (χ2n) is 4.97. The minimum atomic E-state index is -0.916. The molecule has 16 heavy (non-hydrogen) atoms. The first-order valence-corrected chi connectivity index (χ1v) is 5.97. The molecule has 4 nitrogen and oxygen atoms in total. The lowest BCUT2D eigenvalue weighted by molar-refractivity contribution is 0.0702. The third-order valence-electron chi connectivity index (χ3n) is 2.84. The molecular weight excluding hydrogens is 224 g/mol. The molecule has 5 heteroatoms. The lowest BCUT2D eigenvalue weighted by Gasteiger charge is -2.35. The summed E-state index contributed by atoms with van der Waals surface area (Å²) in [4.78, 5) is 17.2. The number of anilines is 1. The Bertz CT molecular complexity index is 382. The molecule has 0 bridgehead atoms. The van der Waals surface area contributed by atoms with E-state index in [9.17, 15) is 4.79 Å². The van der Waals surface area contributed by atoms with Crippen LogP contribution in [0.25, 0.3) is 0 Å². The summed E-state index contributed by atoms with van der Waals surface area (Å²) in [7, 11) is 1.94. The third kappa shape index (κ3) is 2.72. The van der Waals surface area contributed by atoms with E-state index in [4.69, 9.17) is 5.11 Å². The van der Waals surface area contributed by atoms with Gasteiger partial charge >= 0.3 is 5.97 Å². The van der Waals surface area contributed by atoms with Crippen LogP contribution in [-0.2, 0) is 0 Å². The quantitative estimate of drug-likeness (QED) is 0.885. The predicted octanol–water partition coefficient (Wildman–Crippen LogP) is 2.71. The number of hydrogen-bond donors (Lipinski definition) is 1. The summed E-state index contributed by atoms with van der Waals surface area (Å²) < 4.78 is 0. The van der Waals surface area contributed by atoms with Crippen molar-refractivity contribution in [3.05, 3.63) is 11.1 Å². The van der Waals surface area contributed by atoms with Gasteiger partial charge in [-0.05, 0) is 12.3 Å². The van der Waals surface area contributed by atoms with E-state index in [1.165, 1.54) is 17.5 Å². The molecule has 0 aliphatic rings. The van der Waals surface area contributed by atoms with Crippen molar-refractivity contribution in [3.63, 3.8) is 0 Å². The van der Waals surface area contributed by atoms with E-state index in [-0.39, 0.29) is 10.3 Å². The number of carboxylic acid groups (broad SMARTS) is 1. The molecule has 1 aromatic rings. The molecule has 0 fully saturated rings. The van der Waals surface area contributed by atoms with Crippen LogP contribution in [0.1, 0.15) is 37.4 Å².